The van der Waals surface area contributed by atoms with E-state index in [-0.39, 0.29) is 11.9 Å². The van der Waals surface area contributed by atoms with Gasteiger partial charge in [-0.15, -0.1) is 0 Å². The van der Waals surface area contributed by atoms with E-state index >= 15 is 0 Å². The molecule has 166 valence electrons. The third-order valence-electron chi connectivity index (χ3n) is 7.50. The Balaban J connectivity index is 1.65. The molecule has 0 unspecified atom stereocenters. The van der Waals surface area contributed by atoms with E-state index in [1.165, 1.54) is 47.0 Å². The summed E-state index contributed by atoms with van der Waals surface area (Å²) in [6.07, 6.45) is 5.86. The molecular weight excluding hydrogens is 472 g/mol. The van der Waals surface area contributed by atoms with Gasteiger partial charge in [-0.05, 0) is 48.2 Å². The van der Waals surface area contributed by atoms with Gasteiger partial charge in [0.25, 0.3) is 5.91 Å². The normalized spacial score (nSPS) is 18.8. The smallest absolute Gasteiger partial charge is 0.255 e. The van der Waals surface area contributed by atoms with Gasteiger partial charge in [-0.1, -0.05) is 83.7 Å². The summed E-state index contributed by atoms with van der Waals surface area (Å²) in [6.45, 7) is 0. The molecule has 0 spiro atoms. The molecule has 2 heterocycles. The summed E-state index contributed by atoms with van der Waals surface area (Å²) in [5.74, 6) is 0.192. The van der Waals surface area contributed by atoms with Gasteiger partial charge in [0.2, 0.25) is 0 Å². The Labute approximate surface area is 203 Å². The molecule has 1 fully saturated rings. The second-order valence-electron chi connectivity index (χ2n) is 9.34. The van der Waals surface area contributed by atoms with Crippen molar-refractivity contribution < 1.29 is 4.79 Å². The fourth-order valence-corrected chi connectivity index (χ4v) is 6.29. The van der Waals surface area contributed by atoms with E-state index in [4.69, 9.17) is 0 Å². The molecule has 3 nitrogen and oxygen atoms in total. The average molecular weight is 499 g/mol. The maximum absolute atomic E-state index is 13.8. The highest BCUT2D eigenvalue weighted by molar-refractivity contribution is 9.10. The van der Waals surface area contributed by atoms with Gasteiger partial charge >= 0.3 is 0 Å². The molecule has 6 rings (SSSR count). The predicted octanol–water partition coefficient (Wildman–Crippen LogP) is 7.49. The highest BCUT2D eigenvalue weighted by atomic mass is 79.9. The summed E-state index contributed by atoms with van der Waals surface area (Å²) in [7, 11) is 2.15. The Morgan fingerprint density at radius 3 is 2.33 bits per heavy atom. The second kappa shape index (κ2) is 8.18. The van der Waals surface area contributed by atoms with Crippen LogP contribution in [-0.2, 0) is 7.05 Å². The molecule has 1 aromatic heterocycles. The van der Waals surface area contributed by atoms with Crippen LogP contribution in [0.15, 0.2) is 77.3 Å². The van der Waals surface area contributed by atoms with Crippen molar-refractivity contribution in [2.75, 3.05) is 0 Å². The maximum atomic E-state index is 13.8. The number of para-hydroxylation sites is 1. The van der Waals surface area contributed by atoms with Crippen molar-refractivity contribution in [3.05, 3.63) is 94.0 Å². The van der Waals surface area contributed by atoms with Gasteiger partial charge in [0.05, 0.1) is 11.7 Å². The van der Waals surface area contributed by atoms with Gasteiger partial charge in [0.1, 0.15) is 0 Å². The van der Waals surface area contributed by atoms with Crippen molar-refractivity contribution in [1.82, 2.24) is 9.47 Å². The SMILES string of the molecule is Cn1c(-c2ccc(Br)cc2)c([C@@H]2c3ccccc3C(=O)N2C2CCCCC2)c2ccccc21. The molecule has 2 aliphatic rings. The Morgan fingerprint density at radius 2 is 1.55 bits per heavy atom. The summed E-state index contributed by atoms with van der Waals surface area (Å²) in [5, 5.41) is 1.23. The van der Waals surface area contributed by atoms with Crippen LogP contribution < -0.4 is 0 Å². The summed E-state index contributed by atoms with van der Waals surface area (Å²) >= 11 is 3.59. The fraction of sp³-hybridized carbons (Fsp3) is 0.276. The van der Waals surface area contributed by atoms with E-state index in [2.05, 4.69) is 93.1 Å². The number of amides is 1. The molecule has 33 heavy (non-hydrogen) atoms. The lowest BCUT2D eigenvalue weighted by Crippen LogP contribution is -2.40. The molecule has 3 aromatic carbocycles. The van der Waals surface area contributed by atoms with Gasteiger partial charge in [0.15, 0.2) is 0 Å². The molecule has 1 amide bonds. The number of fused-ring (bicyclic) bond motifs is 2. The van der Waals surface area contributed by atoms with Gasteiger partial charge in [-0.2, -0.15) is 0 Å². The zero-order valence-corrected chi connectivity index (χ0v) is 20.4. The number of aryl methyl sites for hydroxylation is 1. The Hall–Kier alpha value is -2.85. The first-order valence-corrected chi connectivity index (χ1v) is 12.7. The van der Waals surface area contributed by atoms with Gasteiger partial charge in [-0.3, -0.25) is 4.79 Å². The van der Waals surface area contributed by atoms with Crippen LogP contribution in [0.25, 0.3) is 22.2 Å². The van der Waals surface area contributed by atoms with E-state index in [1.807, 2.05) is 12.1 Å². The van der Waals surface area contributed by atoms with E-state index in [0.717, 1.165) is 28.4 Å². The first-order valence-electron chi connectivity index (χ1n) is 11.9. The van der Waals surface area contributed by atoms with E-state index in [1.54, 1.807) is 0 Å². The first-order chi connectivity index (χ1) is 16.1. The number of nitrogens with zero attached hydrogens (tertiary/aromatic N) is 2. The van der Waals surface area contributed by atoms with E-state index in [0.29, 0.717) is 6.04 Å². The van der Waals surface area contributed by atoms with Crippen LogP contribution in [0, 0.1) is 0 Å². The number of hydrogen-bond donors (Lipinski definition) is 0. The summed E-state index contributed by atoms with van der Waals surface area (Å²) in [4.78, 5) is 16.1. The number of carbonyl (C=O) groups is 1. The van der Waals surface area contributed by atoms with Crippen LogP contribution in [0.4, 0.5) is 0 Å². The molecule has 1 aliphatic carbocycles. The minimum atomic E-state index is -0.0680. The lowest BCUT2D eigenvalue weighted by Gasteiger charge is -2.36. The molecule has 4 aromatic rings. The Bertz CT molecular complexity index is 1350. The standard InChI is InChI=1S/C29H27BrN2O/c1-31-25-14-8-7-13-24(25)26(27(31)19-15-17-20(30)18-16-19)28-22-11-5-6-12-23(22)29(33)32(28)21-9-3-2-4-10-21/h5-8,11-18,21,28H,2-4,9-10H2,1H3/t28-/m0/s1. The van der Waals surface area contributed by atoms with E-state index in [9.17, 15) is 4.79 Å². The Kier molecular flexibility index (Phi) is 5.14. The number of rotatable bonds is 3. The highest BCUT2D eigenvalue weighted by Gasteiger charge is 2.43. The third kappa shape index (κ3) is 3.26. The fourth-order valence-electron chi connectivity index (χ4n) is 6.02. The third-order valence-corrected chi connectivity index (χ3v) is 8.03. The first kappa shape index (κ1) is 20.7. The highest BCUT2D eigenvalue weighted by Crippen LogP contribution is 2.48. The molecular formula is C29H27BrN2O. The molecule has 1 aliphatic heterocycles. The van der Waals surface area contributed by atoms with Crippen molar-refractivity contribution in [3.8, 4) is 11.3 Å². The van der Waals surface area contributed by atoms with Crippen LogP contribution in [0.1, 0.15) is 59.6 Å². The van der Waals surface area contributed by atoms with Crippen molar-refractivity contribution in [3.63, 3.8) is 0 Å². The molecule has 0 saturated heterocycles. The van der Waals surface area contributed by atoms with Crippen LogP contribution in [0.5, 0.6) is 0 Å². The van der Waals surface area contributed by atoms with Crippen molar-refractivity contribution in [2.45, 2.75) is 44.2 Å². The van der Waals surface area contributed by atoms with Crippen LogP contribution in [0.2, 0.25) is 0 Å². The largest absolute Gasteiger partial charge is 0.343 e. The monoisotopic (exact) mass is 498 g/mol. The molecule has 0 radical (unpaired) electrons. The van der Waals surface area contributed by atoms with Crippen molar-refractivity contribution in [2.24, 2.45) is 7.05 Å². The predicted molar refractivity (Wildman–Crippen MR) is 137 cm³/mol. The van der Waals surface area contributed by atoms with Crippen LogP contribution >= 0.6 is 15.9 Å². The van der Waals surface area contributed by atoms with E-state index < -0.39 is 0 Å². The number of hydrogen-bond acceptors (Lipinski definition) is 1. The maximum Gasteiger partial charge on any atom is 0.255 e. The zero-order chi connectivity index (χ0) is 22.5. The van der Waals surface area contributed by atoms with Crippen LogP contribution in [0.3, 0.4) is 0 Å². The minimum Gasteiger partial charge on any atom is -0.343 e. The Morgan fingerprint density at radius 1 is 0.848 bits per heavy atom. The number of carbonyl (C=O) groups excluding carboxylic acids is 1. The van der Waals surface area contributed by atoms with Crippen molar-refractivity contribution in [1.29, 1.82) is 0 Å². The lowest BCUT2D eigenvalue weighted by atomic mass is 9.89. The summed E-state index contributed by atoms with van der Waals surface area (Å²) < 4.78 is 3.37. The molecule has 1 atom stereocenters. The number of aromatic nitrogens is 1. The van der Waals surface area contributed by atoms with Gasteiger partial charge in [0, 0.05) is 39.6 Å². The number of benzene rings is 3. The van der Waals surface area contributed by atoms with Gasteiger partial charge in [-0.25, -0.2) is 0 Å². The minimum absolute atomic E-state index is 0.0680. The molecule has 1 saturated carbocycles. The zero-order valence-electron chi connectivity index (χ0n) is 18.8. The average Bonchev–Trinajstić information content (AvgIpc) is 3.31. The second-order valence-corrected chi connectivity index (χ2v) is 10.3. The summed E-state index contributed by atoms with van der Waals surface area (Å²) in [6, 6.07) is 25.7. The molecule has 4 heteroatoms. The lowest BCUT2D eigenvalue weighted by molar-refractivity contribution is 0.0613. The molecule has 0 N–H and O–H groups in total. The number of halogens is 1. The van der Waals surface area contributed by atoms with Crippen LogP contribution in [-0.4, -0.2) is 21.4 Å². The molecule has 0 bridgehead atoms. The van der Waals surface area contributed by atoms with Gasteiger partial charge < -0.3 is 9.47 Å². The quantitative estimate of drug-likeness (QED) is 0.287. The topological polar surface area (TPSA) is 25.2 Å². The van der Waals surface area contributed by atoms with Crippen molar-refractivity contribution >= 4 is 32.7 Å². The summed E-state index contributed by atoms with van der Waals surface area (Å²) in [5.41, 5.74) is 6.82.